The second-order valence-corrected chi connectivity index (χ2v) is 7.39. The molecular formula is C18H23NO5S. The van der Waals surface area contributed by atoms with Gasteiger partial charge in [0.15, 0.2) is 11.5 Å². The van der Waals surface area contributed by atoms with Gasteiger partial charge >= 0.3 is 0 Å². The molecule has 0 spiro atoms. The molecule has 0 atom stereocenters. The molecular weight excluding hydrogens is 342 g/mol. The number of methoxy groups -OCH3 is 3. The Labute approximate surface area is 148 Å². The number of hydrogen-bond acceptors (Lipinski definition) is 5. The third-order valence-electron chi connectivity index (χ3n) is 3.78. The van der Waals surface area contributed by atoms with Gasteiger partial charge in [0.2, 0.25) is 0 Å². The lowest BCUT2D eigenvalue weighted by Gasteiger charge is -2.15. The van der Waals surface area contributed by atoms with Crippen molar-refractivity contribution in [1.29, 1.82) is 0 Å². The topological polar surface area (TPSA) is 73.9 Å². The molecule has 0 aromatic heterocycles. The summed E-state index contributed by atoms with van der Waals surface area (Å²) in [5.41, 5.74) is 1.28. The monoisotopic (exact) mass is 365 g/mol. The molecule has 1 N–H and O–H groups in total. The predicted molar refractivity (Wildman–Crippen MR) is 97.4 cm³/mol. The van der Waals surface area contributed by atoms with Crippen molar-refractivity contribution < 1.29 is 22.6 Å². The fourth-order valence-electron chi connectivity index (χ4n) is 2.37. The molecule has 0 aliphatic heterocycles. The van der Waals surface area contributed by atoms with E-state index in [9.17, 15) is 8.42 Å². The van der Waals surface area contributed by atoms with Crippen molar-refractivity contribution in [1.82, 2.24) is 0 Å². The van der Waals surface area contributed by atoms with Gasteiger partial charge in [-0.3, -0.25) is 4.72 Å². The predicted octanol–water partition coefficient (Wildman–Crippen LogP) is 3.64. The van der Waals surface area contributed by atoms with Crippen LogP contribution < -0.4 is 18.9 Å². The van der Waals surface area contributed by atoms with Gasteiger partial charge < -0.3 is 14.2 Å². The van der Waals surface area contributed by atoms with E-state index in [4.69, 9.17) is 14.2 Å². The zero-order valence-corrected chi connectivity index (χ0v) is 15.8. The molecule has 2 aromatic rings. The summed E-state index contributed by atoms with van der Waals surface area (Å²) in [6.45, 7) is 4.00. The first kappa shape index (κ1) is 18.9. The van der Waals surface area contributed by atoms with Crippen LogP contribution >= 0.6 is 0 Å². The average Bonchev–Trinajstić information content (AvgIpc) is 2.60. The molecule has 0 saturated carbocycles. The minimum Gasteiger partial charge on any atom is -0.495 e. The minimum atomic E-state index is -3.83. The van der Waals surface area contributed by atoms with Gasteiger partial charge in [-0.1, -0.05) is 19.9 Å². The highest BCUT2D eigenvalue weighted by atomic mass is 32.2. The fourth-order valence-corrected chi connectivity index (χ4v) is 3.63. The van der Waals surface area contributed by atoms with Gasteiger partial charge in [0.1, 0.15) is 10.6 Å². The van der Waals surface area contributed by atoms with E-state index in [2.05, 4.69) is 4.72 Å². The van der Waals surface area contributed by atoms with Crippen molar-refractivity contribution in [2.45, 2.75) is 24.7 Å². The first-order chi connectivity index (χ1) is 11.8. The number of anilines is 1. The zero-order chi connectivity index (χ0) is 18.6. The van der Waals surface area contributed by atoms with E-state index in [0.29, 0.717) is 17.2 Å². The Kier molecular flexibility index (Phi) is 5.79. The molecule has 0 fully saturated rings. The summed E-state index contributed by atoms with van der Waals surface area (Å²) in [4.78, 5) is 0.0935. The number of benzene rings is 2. The average molecular weight is 365 g/mol. The Balaban J connectivity index is 2.44. The quantitative estimate of drug-likeness (QED) is 0.811. The number of hydrogen-bond donors (Lipinski definition) is 1. The van der Waals surface area contributed by atoms with E-state index in [1.54, 1.807) is 30.3 Å². The second kappa shape index (κ2) is 7.65. The zero-order valence-electron chi connectivity index (χ0n) is 15.0. The second-order valence-electron chi connectivity index (χ2n) is 5.74. The lowest BCUT2D eigenvalue weighted by Crippen LogP contribution is -2.14. The molecule has 2 aromatic carbocycles. The van der Waals surface area contributed by atoms with Crippen molar-refractivity contribution >= 4 is 15.7 Å². The van der Waals surface area contributed by atoms with Crippen LogP contribution in [0.3, 0.4) is 0 Å². The van der Waals surface area contributed by atoms with Crippen molar-refractivity contribution in [2.75, 3.05) is 26.1 Å². The molecule has 0 heterocycles. The molecule has 0 aliphatic carbocycles. The van der Waals surface area contributed by atoms with E-state index in [1.165, 1.54) is 21.3 Å². The highest BCUT2D eigenvalue weighted by Crippen LogP contribution is 2.33. The molecule has 0 amide bonds. The van der Waals surface area contributed by atoms with Gasteiger partial charge in [-0.2, -0.15) is 0 Å². The Bertz CT molecular complexity index is 847. The normalized spacial score (nSPS) is 11.3. The van der Waals surface area contributed by atoms with Crippen molar-refractivity contribution in [3.8, 4) is 17.2 Å². The largest absolute Gasteiger partial charge is 0.495 e. The molecule has 25 heavy (non-hydrogen) atoms. The highest BCUT2D eigenvalue weighted by Gasteiger charge is 2.21. The Morgan fingerprint density at radius 1 is 0.840 bits per heavy atom. The van der Waals surface area contributed by atoms with Crippen LogP contribution in [0.2, 0.25) is 0 Å². The van der Waals surface area contributed by atoms with Gasteiger partial charge in [-0.15, -0.1) is 0 Å². The lowest BCUT2D eigenvalue weighted by atomic mass is 10.0. The van der Waals surface area contributed by atoms with Crippen LogP contribution in [0, 0.1) is 0 Å². The van der Waals surface area contributed by atoms with Crippen LogP contribution in [-0.2, 0) is 10.0 Å². The summed E-state index contributed by atoms with van der Waals surface area (Å²) in [5.74, 6) is 1.44. The maximum Gasteiger partial charge on any atom is 0.265 e. The summed E-state index contributed by atoms with van der Waals surface area (Å²) in [5, 5.41) is 0. The van der Waals surface area contributed by atoms with Crippen LogP contribution in [0.4, 0.5) is 5.69 Å². The third kappa shape index (κ3) is 4.17. The van der Waals surface area contributed by atoms with Crippen LogP contribution in [-0.4, -0.2) is 29.7 Å². The van der Waals surface area contributed by atoms with Gasteiger partial charge in [-0.05, 0) is 35.7 Å². The summed E-state index contributed by atoms with van der Waals surface area (Å²) >= 11 is 0. The first-order valence-electron chi connectivity index (χ1n) is 7.75. The maximum atomic E-state index is 12.8. The number of nitrogens with one attached hydrogen (secondary N) is 1. The van der Waals surface area contributed by atoms with Crippen molar-refractivity contribution in [3.63, 3.8) is 0 Å². The summed E-state index contributed by atoms with van der Waals surface area (Å²) in [6, 6.07) is 9.97. The molecule has 0 unspecified atom stereocenters. The fraction of sp³-hybridized carbons (Fsp3) is 0.333. The van der Waals surface area contributed by atoms with Gasteiger partial charge in [0.05, 0.1) is 27.0 Å². The maximum absolute atomic E-state index is 12.8. The molecule has 0 radical (unpaired) electrons. The van der Waals surface area contributed by atoms with E-state index in [0.717, 1.165) is 5.56 Å². The Hall–Kier alpha value is -2.41. The standard InChI is InChI=1S/C18H23NO5S/c1-12(2)13-6-8-16(23-4)18(10-13)25(20,21)19-14-7-9-15(22-3)17(11-14)24-5/h6-12,19H,1-5H3. The Morgan fingerprint density at radius 2 is 1.44 bits per heavy atom. The molecule has 0 saturated heterocycles. The lowest BCUT2D eigenvalue weighted by molar-refractivity contribution is 0.355. The van der Waals surface area contributed by atoms with E-state index < -0.39 is 10.0 Å². The minimum absolute atomic E-state index is 0.0935. The highest BCUT2D eigenvalue weighted by molar-refractivity contribution is 7.92. The summed E-state index contributed by atoms with van der Waals surface area (Å²) in [7, 11) is 0.625. The number of sulfonamides is 1. The molecule has 7 heteroatoms. The van der Waals surface area contributed by atoms with E-state index >= 15 is 0 Å². The van der Waals surface area contributed by atoms with Crippen molar-refractivity contribution in [3.05, 3.63) is 42.0 Å². The summed E-state index contributed by atoms with van der Waals surface area (Å²) < 4.78 is 43.8. The van der Waals surface area contributed by atoms with E-state index in [1.807, 2.05) is 19.9 Å². The Morgan fingerprint density at radius 3 is 2.00 bits per heavy atom. The van der Waals surface area contributed by atoms with Gasteiger partial charge in [0, 0.05) is 6.07 Å². The van der Waals surface area contributed by atoms with Gasteiger partial charge in [-0.25, -0.2) is 8.42 Å². The third-order valence-corrected chi connectivity index (χ3v) is 5.18. The smallest absolute Gasteiger partial charge is 0.265 e. The molecule has 2 rings (SSSR count). The first-order valence-corrected chi connectivity index (χ1v) is 9.23. The van der Waals surface area contributed by atoms with Crippen LogP contribution in [0.25, 0.3) is 0 Å². The SMILES string of the molecule is COc1ccc(NS(=O)(=O)c2cc(C(C)C)ccc2OC)cc1OC. The summed E-state index contributed by atoms with van der Waals surface area (Å²) in [6.07, 6.45) is 0. The molecule has 0 bridgehead atoms. The van der Waals surface area contributed by atoms with Crippen LogP contribution in [0.5, 0.6) is 17.2 Å². The van der Waals surface area contributed by atoms with Crippen LogP contribution in [0.1, 0.15) is 25.3 Å². The number of rotatable bonds is 7. The van der Waals surface area contributed by atoms with Crippen LogP contribution in [0.15, 0.2) is 41.3 Å². The molecule has 136 valence electrons. The number of ether oxygens (including phenoxy) is 3. The molecule has 6 nitrogen and oxygen atoms in total. The van der Waals surface area contributed by atoms with E-state index in [-0.39, 0.29) is 16.6 Å². The van der Waals surface area contributed by atoms with Gasteiger partial charge in [0.25, 0.3) is 10.0 Å². The molecule has 0 aliphatic rings. The van der Waals surface area contributed by atoms with Crippen molar-refractivity contribution in [2.24, 2.45) is 0 Å².